The molecule has 0 spiro atoms. The standard InChI is InChI=1S/C26H23F2N5O6/c1-33-9-8-31-23(33)15-11-14(39-26(6-7-26)25(35)36)3-5-18(15)37-21-16(27)12-32-24(20(21)28)38-19-10-13(22(29)30)2-4-17(19)34/h2-5,8,10-12,23,34H,6-7,9H2,1H3,(H3,29,30)(H,35,36). The lowest BCUT2D eigenvalue weighted by Gasteiger charge is -2.23. The molecule has 1 saturated carbocycles. The quantitative estimate of drug-likeness (QED) is 0.233. The summed E-state index contributed by atoms with van der Waals surface area (Å²) in [6.07, 6.45) is 2.50. The third-order valence-corrected chi connectivity index (χ3v) is 6.29. The maximum atomic E-state index is 15.4. The van der Waals surface area contributed by atoms with Crippen LogP contribution in [0.3, 0.4) is 0 Å². The number of hydrogen-bond acceptors (Lipinski definition) is 9. The van der Waals surface area contributed by atoms with Gasteiger partial charge in [-0.25, -0.2) is 14.2 Å². The smallest absolute Gasteiger partial charge is 0.348 e. The van der Waals surface area contributed by atoms with Crippen LogP contribution in [0, 0.1) is 17.0 Å². The van der Waals surface area contributed by atoms with Crippen LogP contribution in [-0.4, -0.2) is 57.3 Å². The Hall–Kier alpha value is -4.78. The summed E-state index contributed by atoms with van der Waals surface area (Å²) in [4.78, 5) is 21.4. The average Bonchev–Trinajstić information content (AvgIpc) is 3.56. The zero-order valence-electron chi connectivity index (χ0n) is 20.5. The minimum absolute atomic E-state index is 0.0368. The summed E-state index contributed by atoms with van der Waals surface area (Å²) in [6.45, 7) is 0.507. The number of pyridine rings is 1. The first kappa shape index (κ1) is 25.9. The molecule has 13 heteroatoms. The first-order valence-corrected chi connectivity index (χ1v) is 11.7. The molecule has 1 aliphatic heterocycles. The molecule has 1 atom stereocenters. The summed E-state index contributed by atoms with van der Waals surface area (Å²) < 4.78 is 47.0. The van der Waals surface area contributed by atoms with Gasteiger partial charge in [0.2, 0.25) is 17.2 Å². The summed E-state index contributed by atoms with van der Waals surface area (Å²) >= 11 is 0. The van der Waals surface area contributed by atoms with Gasteiger partial charge in [0.25, 0.3) is 5.88 Å². The lowest BCUT2D eigenvalue weighted by atomic mass is 10.1. The van der Waals surface area contributed by atoms with Crippen LogP contribution in [0.4, 0.5) is 8.78 Å². The molecule has 1 aliphatic carbocycles. The number of benzene rings is 2. The number of nitrogens with one attached hydrogen (secondary N) is 1. The molecular weight excluding hydrogens is 516 g/mol. The van der Waals surface area contributed by atoms with Crippen molar-refractivity contribution in [3.8, 4) is 34.6 Å². The van der Waals surface area contributed by atoms with Crippen LogP contribution < -0.4 is 19.9 Å². The molecule has 11 nitrogen and oxygen atoms in total. The molecule has 5 rings (SSSR count). The monoisotopic (exact) mass is 539 g/mol. The van der Waals surface area contributed by atoms with Crippen molar-refractivity contribution in [3.63, 3.8) is 0 Å². The molecule has 2 heterocycles. The summed E-state index contributed by atoms with van der Waals surface area (Å²) in [6, 6.07) is 8.16. The molecule has 0 saturated heterocycles. The molecular formula is C26H23F2N5O6. The van der Waals surface area contributed by atoms with Crippen LogP contribution in [0.5, 0.6) is 34.6 Å². The van der Waals surface area contributed by atoms with Crippen molar-refractivity contribution in [1.82, 2.24) is 9.88 Å². The highest BCUT2D eigenvalue weighted by molar-refractivity contribution is 5.95. The maximum absolute atomic E-state index is 15.4. The number of amidine groups is 1. The van der Waals surface area contributed by atoms with Gasteiger partial charge in [-0.15, -0.1) is 0 Å². The van der Waals surface area contributed by atoms with E-state index in [1.165, 1.54) is 36.4 Å². The molecule has 5 N–H and O–H groups in total. The van der Waals surface area contributed by atoms with E-state index in [0.29, 0.717) is 31.1 Å². The molecule has 0 radical (unpaired) electrons. The Labute approximate surface area is 220 Å². The van der Waals surface area contributed by atoms with Gasteiger partial charge >= 0.3 is 5.97 Å². The number of phenols is 1. The first-order valence-electron chi connectivity index (χ1n) is 11.7. The van der Waals surface area contributed by atoms with Gasteiger partial charge in [0.15, 0.2) is 17.3 Å². The van der Waals surface area contributed by atoms with E-state index in [0.717, 1.165) is 0 Å². The third kappa shape index (κ3) is 5.03. The van der Waals surface area contributed by atoms with Gasteiger partial charge in [-0.1, -0.05) is 0 Å². The number of phenolic OH excluding ortho intramolecular Hbond substituents is 1. The number of carboxylic acids is 1. The number of carboxylic acid groups (broad SMARTS) is 1. The highest BCUT2D eigenvalue weighted by Gasteiger charge is 2.53. The SMILES string of the molecule is CN1CC=NC1c1cc(OC2(C(=O)O)CC2)ccc1Oc1c(F)cnc(Oc2cc(C(=N)N)ccc2O)c1F. The Morgan fingerprint density at radius 1 is 1.18 bits per heavy atom. The summed E-state index contributed by atoms with van der Waals surface area (Å²) in [7, 11) is 1.79. The summed E-state index contributed by atoms with van der Waals surface area (Å²) in [5, 5.41) is 27.1. The Kier molecular flexibility index (Phi) is 6.52. The lowest BCUT2D eigenvalue weighted by molar-refractivity contribution is -0.147. The van der Waals surface area contributed by atoms with Gasteiger partial charge in [-0.2, -0.15) is 4.39 Å². The van der Waals surface area contributed by atoms with Gasteiger partial charge in [-0.3, -0.25) is 15.3 Å². The number of aliphatic carboxylic acids is 1. The molecule has 0 bridgehead atoms. The number of nitrogens with zero attached hydrogens (tertiary/aromatic N) is 3. The fraction of sp³-hybridized carbons (Fsp3) is 0.231. The van der Waals surface area contributed by atoms with Crippen LogP contribution in [0.1, 0.15) is 30.1 Å². The first-order chi connectivity index (χ1) is 18.6. The van der Waals surface area contributed by atoms with E-state index in [1.54, 1.807) is 13.3 Å². The number of nitrogen functional groups attached to an aromatic ring is 1. The predicted molar refractivity (Wildman–Crippen MR) is 134 cm³/mol. The van der Waals surface area contributed by atoms with Crippen LogP contribution in [0.15, 0.2) is 47.6 Å². The van der Waals surface area contributed by atoms with Gasteiger partial charge < -0.3 is 30.2 Å². The van der Waals surface area contributed by atoms with Crippen LogP contribution in [0.2, 0.25) is 0 Å². The molecule has 2 aromatic carbocycles. The van der Waals surface area contributed by atoms with Crippen LogP contribution >= 0.6 is 0 Å². The number of carbonyl (C=O) groups is 1. The Bertz CT molecular complexity index is 1510. The van der Waals surface area contributed by atoms with Gasteiger partial charge in [0.1, 0.15) is 23.5 Å². The van der Waals surface area contributed by atoms with E-state index < -0.39 is 41.0 Å². The Morgan fingerprint density at radius 3 is 2.59 bits per heavy atom. The van der Waals surface area contributed by atoms with Crippen molar-refractivity contribution in [2.45, 2.75) is 24.6 Å². The van der Waals surface area contributed by atoms with Crippen molar-refractivity contribution in [1.29, 1.82) is 5.41 Å². The van der Waals surface area contributed by atoms with Crippen molar-refractivity contribution >= 4 is 18.0 Å². The number of aliphatic imine (C=N–C) groups is 1. The number of rotatable bonds is 9. The topological polar surface area (TPSA) is 164 Å². The van der Waals surface area contributed by atoms with Crippen molar-refractivity contribution < 1.29 is 38.0 Å². The van der Waals surface area contributed by atoms with Crippen molar-refractivity contribution in [2.24, 2.45) is 10.7 Å². The van der Waals surface area contributed by atoms with Gasteiger partial charge in [-0.05, 0) is 43.4 Å². The second-order valence-corrected chi connectivity index (χ2v) is 9.10. The number of aromatic hydroxyl groups is 1. The van der Waals surface area contributed by atoms with E-state index >= 15 is 4.39 Å². The molecule has 202 valence electrons. The number of ether oxygens (including phenoxy) is 3. The fourth-order valence-corrected chi connectivity index (χ4v) is 3.97. The zero-order chi connectivity index (χ0) is 27.9. The predicted octanol–water partition coefficient (Wildman–Crippen LogP) is 3.94. The van der Waals surface area contributed by atoms with Crippen molar-refractivity contribution in [3.05, 3.63) is 65.4 Å². The summed E-state index contributed by atoms with van der Waals surface area (Å²) in [5.74, 6) is -5.70. The largest absolute Gasteiger partial charge is 0.504 e. The minimum Gasteiger partial charge on any atom is -0.504 e. The zero-order valence-corrected chi connectivity index (χ0v) is 20.5. The highest BCUT2D eigenvalue weighted by Crippen LogP contribution is 2.44. The number of hydrogen-bond donors (Lipinski definition) is 4. The minimum atomic E-state index is -1.30. The van der Waals surface area contributed by atoms with E-state index in [9.17, 15) is 19.4 Å². The maximum Gasteiger partial charge on any atom is 0.348 e. The molecule has 1 fully saturated rings. The van der Waals surface area contributed by atoms with Crippen LogP contribution in [0.25, 0.3) is 0 Å². The van der Waals surface area contributed by atoms with E-state index in [1.807, 2.05) is 4.90 Å². The molecule has 2 aliphatic rings. The van der Waals surface area contributed by atoms with Gasteiger partial charge in [0, 0.05) is 36.7 Å². The number of nitrogens with two attached hydrogens (primary N) is 1. The second-order valence-electron chi connectivity index (χ2n) is 9.10. The van der Waals surface area contributed by atoms with E-state index in [2.05, 4.69) is 9.98 Å². The van der Waals surface area contributed by atoms with Crippen molar-refractivity contribution in [2.75, 3.05) is 13.6 Å². The van der Waals surface area contributed by atoms with E-state index in [4.69, 9.17) is 25.4 Å². The van der Waals surface area contributed by atoms with Crippen LogP contribution in [-0.2, 0) is 4.79 Å². The third-order valence-electron chi connectivity index (χ3n) is 6.29. The molecule has 0 amide bonds. The Morgan fingerprint density at radius 2 is 1.95 bits per heavy atom. The molecule has 3 aromatic rings. The number of aromatic nitrogens is 1. The molecule has 1 unspecified atom stereocenters. The van der Waals surface area contributed by atoms with E-state index in [-0.39, 0.29) is 34.4 Å². The Balaban J connectivity index is 1.49. The highest BCUT2D eigenvalue weighted by atomic mass is 19.1. The number of halogens is 2. The second kappa shape index (κ2) is 9.83. The van der Waals surface area contributed by atoms with Gasteiger partial charge in [0.05, 0.1) is 6.20 Å². The average molecular weight is 539 g/mol. The lowest BCUT2D eigenvalue weighted by Crippen LogP contribution is -2.29. The normalized spacial score (nSPS) is 17.6. The summed E-state index contributed by atoms with van der Waals surface area (Å²) in [5.41, 5.74) is 4.74. The molecule has 1 aromatic heterocycles. The molecule has 39 heavy (non-hydrogen) atoms. The fourth-order valence-electron chi connectivity index (χ4n) is 3.97.